The van der Waals surface area contributed by atoms with Crippen molar-refractivity contribution in [2.75, 3.05) is 5.88 Å². The van der Waals surface area contributed by atoms with E-state index in [1.807, 2.05) is 0 Å². The number of halogens is 3. The van der Waals surface area contributed by atoms with E-state index < -0.39 is 29.6 Å². The second-order valence-corrected chi connectivity index (χ2v) is 5.18. The largest absolute Gasteiger partial charge is 0.426 e. The van der Waals surface area contributed by atoms with Gasteiger partial charge in [0.25, 0.3) is 0 Å². The fraction of sp³-hybridized carbons (Fsp3) is 0.176. The molecule has 0 radical (unpaired) electrons. The van der Waals surface area contributed by atoms with E-state index in [1.54, 1.807) is 30.3 Å². The van der Waals surface area contributed by atoms with Crippen LogP contribution in [0.4, 0.5) is 8.78 Å². The van der Waals surface area contributed by atoms with Gasteiger partial charge in [0.05, 0.1) is 12.5 Å². The lowest BCUT2D eigenvalue weighted by molar-refractivity contribution is -0.135. The zero-order valence-electron chi connectivity index (χ0n) is 12.5. The van der Waals surface area contributed by atoms with E-state index in [0.29, 0.717) is 11.8 Å². The smallest absolute Gasteiger partial charge is 0.313 e. The maximum atomic E-state index is 14.0. The minimum absolute atomic E-state index is 0.0279. The van der Waals surface area contributed by atoms with Crippen LogP contribution in [0.15, 0.2) is 48.5 Å². The molecule has 126 valence electrons. The first-order valence-electron chi connectivity index (χ1n) is 7.05. The highest BCUT2D eigenvalue weighted by Crippen LogP contribution is 2.22. The second-order valence-electron chi connectivity index (χ2n) is 4.91. The highest BCUT2D eigenvalue weighted by Gasteiger charge is 2.22. The number of hydrogen-bond donors (Lipinski definition) is 1. The molecule has 0 aliphatic rings. The molecule has 4 nitrogen and oxygen atoms in total. The molecule has 24 heavy (non-hydrogen) atoms. The third-order valence-corrected chi connectivity index (χ3v) is 3.38. The van der Waals surface area contributed by atoms with Crippen molar-refractivity contribution in [2.24, 2.45) is 0 Å². The fourth-order valence-electron chi connectivity index (χ4n) is 2.08. The molecule has 0 aromatic heterocycles. The van der Waals surface area contributed by atoms with Crippen LogP contribution in [-0.2, 0) is 9.59 Å². The molecule has 1 amide bonds. The van der Waals surface area contributed by atoms with E-state index in [9.17, 15) is 18.4 Å². The van der Waals surface area contributed by atoms with Gasteiger partial charge >= 0.3 is 5.97 Å². The molecule has 0 saturated carbocycles. The van der Waals surface area contributed by atoms with Gasteiger partial charge in [-0.15, -0.1) is 11.6 Å². The van der Waals surface area contributed by atoms with E-state index in [0.717, 1.165) is 6.07 Å². The van der Waals surface area contributed by atoms with Gasteiger partial charge in [0.15, 0.2) is 0 Å². The molecule has 2 aromatic carbocycles. The second kappa shape index (κ2) is 8.40. The van der Waals surface area contributed by atoms with Gasteiger partial charge in [-0.25, -0.2) is 8.78 Å². The van der Waals surface area contributed by atoms with Crippen molar-refractivity contribution in [2.45, 2.75) is 12.5 Å². The van der Waals surface area contributed by atoms with E-state index in [-0.39, 0.29) is 17.9 Å². The highest BCUT2D eigenvalue weighted by atomic mass is 35.5. The summed E-state index contributed by atoms with van der Waals surface area (Å²) in [6.45, 7) is 0. The Hall–Kier alpha value is -2.47. The Morgan fingerprint density at radius 3 is 2.46 bits per heavy atom. The molecule has 7 heteroatoms. The van der Waals surface area contributed by atoms with Gasteiger partial charge in [-0.1, -0.05) is 24.3 Å². The number of carbonyl (C=O) groups excluding carboxylic acids is 2. The maximum Gasteiger partial charge on any atom is 0.313 e. The molecule has 0 aliphatic heterocycles. The van der Waals surface area contributed by atoms with E-state index in [2.05, 4.69) is 5.32 Å². The normalized spacial score (nSPS) is 11.6. The van der Waals surface area contributed by atoms with Crippen LogP contribution in [0.25, 0.3) is 0 Å². The summed E-state index contributed by atoms with van der Waals surface area (Å²) in [5.74, 6) is -2.92. The lowest BCUT2D eigenvalue weighted by Gasteiger charge is -2.18. The molecule has 0 fully saturated rings. The Balaban J connectivity index is 2.16. The molecule has 0 bridgehead atoms. The molecule has 0 spiro atoms. The SMILES string of the molecule is O=C(CCl)NC(CC(=O)Oc1ccccc1)c1ccc(F)cc1F. The quantitative estimate of drug-likeness (QED) is 0.492. The first-order chi connectivity index (χ1) is 11.5. The van der Waals surface area contributed by atoms with Crippen LogP contribution >= 0.6 is 11.6 Å². The average molecular weight is 354 g/mol. The molecule has 1 N–H and O–H groups in total. The molecule has 1 unspecified atom stereocenters. The van der Waals surface area contributed by atoms with Crippen LogP contribution in [0.5, 0.6) is 5.75 Å². The number of hydrogen-bond acceptors (Lipinski definition) is 3. The van der Waals surface area contributed by atoms with Crippen LogP contribution in [0.3, 0.4) is 0 Å². The summed E-state index contributed by atoms with van der Waals surface area (Å²) >= 11 is 5.43. The summed E-state index contributed by atoms with van der Waals surface area (Å²) < 4.78 is 32.1. The first kappa shape index (κ1) is 17.9. The number of rotatable bonds is 6. The van der Waals surface area contributed by atoms with Crippen LogP contribution in [-0.4, -0.2) is 17.8 Å². The fourth-order valence-corrected chi connectivity index (χ4v) is 2.16. The third kappa shape index (κ3) is 5.03. The zero-order valence-corrected chi connectivity index (χ0v) is 13.2. The van der Waals surface area contributed by atoms with Crippen molar-refractivity contribution >= 4 is 23.5 Å². The average Bonchev–Trinajstić information content (AvgIpc) is 2.55. The number of ether oxygens (including phenoxy) is 1. The van der Waals surface area contributed by atoms with Gasteiger partial charge in [-0.3, -0.25) is 9.59 Å². The maximum absolute atomic E-state index is 14.0. The number of para-hydroxylation sites is 1. The summed E-state index contributed by atoms with van der Waals surface area (Å²) in [7, 11) is 0. The molecular weight excluding hydrogens is 340 g/mol. The lowest BCUT2D eigenvalue weighted by Crippen LogP contribution is -2.32. The Bertz CT molecular complexity index is 725. The minimum atomic E-state index is -1.02. The highest BCUT2D eigenvalue weighted by molar-refractivity contribution is 6.27. The molecule has 2 rings (SSSR count). The van der Waals surface area contributed by atoms with Crippen molar-refractivity contribution in [3.63, 3.8) is 0 Å². The first-order valence-corrected chi connectivity index (χ1v) is 7.59. The van der Waals surface area contributed by atoms with Crippen LogP contribution < -0.4 is 10.1 Å². The van der Waals surface area contributed by atoms with Crippen molar-refractivity contribution < 1.29 is 23.1 Å². The standard InChI is InChI=1S/C17H14ClF2NO3/c18-10-16(22)21-15(13-7-6-11(19)8-14(13)20)9-17(23)24-12-4-2-1-3-5-12/h1-8,15H,9-10H2,(H,21,22). The van der Waals surface area contributed by atoms with Crippen molar-refractivity contribution in [3.8, 4) is 5.75 Å². The molecule has 2 aromatic rings. The van der Waals surface area contributed by atoms with Gasteiger partial charge in [-0.2, -0.15) is 0 Å². The molecule has 0 aliphatic carbocycles. The monoisotopic (exact) mass is 353 g/mol. The number of esters is 1. The topological polar surface area (TPSA) is 55.4 Å². The number of carbonyl (C=O) groups is 2. The summed E-state index contributed by atoms with van der Waals surface area (Å²) in [4.78, 5) is 23.6. The van der Waals surface area contributed by atoms with Crippen LogP contribution in [0, 0.1) is 11.6 Å². The minimum Gasteiger partial charge on any atom is -0.426 e. The van der Waals surface area contributed by atoms with Crippen LogP contribution in [0.1, 0.15) is 18.0 Å². The van der Waals surface area contributed by atoms with Gasteiger partial charge in [0.1, 0.15) is 23.3 Å². The van der Waals surface area contributed by atoms with Crippen LogP contribution in [0.2, 0.25) is 0 Å². The zero-order chi connectivity index (χ0) is 17.5. The number of nitrogens with one attached hydrogen (secondary N) is 1. The number of alkyl halides is 1. The Kier molecular flexibility index (Phi) is 6.26. The Morgan fingerprint density at radius 2 is 1.83 bits per heavy atom. The van der Waals surface area contributed by atoms with Crippen molar-refractivity contribution in [1.82, 2.24) is 5.32 Å². The molecular formula is C17H14ClF2NO3. The number of amides is 1. The summed E-state index contributed by atoms with van der Waals surface area (Å²) in [5, 5.41) is 2.43. The predicted octanol–water partition coefficient (Wildman–Crippen LogP) is 3.36. The van der Waals surface area contributed by atoms with Crippen molar-refractivity contribution in [3.05, 3.63) is 65.7 Å². The summed E-state index contributed by atoms with van der Waals surface area (Å²) in [6, 6.07) is 10.2. The summed E-state index contributed by atoms with van der Waals surface area (Å²) in [6.07, 6.45) is -0.333. The molecule has 0 heterocycles. The molecule has 0 saturated heterocycles. The van der Waals surface area contributed by atoms with E-state index in [4.69, 9.17) is 16.3 Å². The van der Waals surface area contributed by atoms with Gasteiger partial charge in [0.2, 0.25) is 5.91 Å². The van der Waals surface area contributed by atoms with Crippen molar-refractivity contribution in [1.29, 1.82) is 0 Å². The van der Waals surface area contributed by atoms with Gasteiger partial charge in [-0.05, 0) is 18.2 Å². The summed E-state index contributed by atoms with van der Waals surface area (Å²) in [5.41, 5.74) is -0.0279. The Labute approximate surface area is 142 Å². The third-order valence-electron chi connectivity index (χ3n) is 3.14. The van der Waals surface area contributed by atoms with E-state index >= 15 is 0 Å². The van der Waals surface area contributed by atoms with E-state index in [1.165, 1.54) is 6.07 Å². The van der Waals surface area contributed by atoms with Gasteiger partial charge in [0, 0.05) is 11.6 Å². The predicted molar refractivity (Wildman–Crippen MR) is 84.7 cm³/mol. The van der Waals surface area contributed by atoms with Gasteiger partial charge < -0.3 is 10.1 Å². The molecule has 1 atom stereocenters. The number of benzene rings is 2. The lowest BCUT2D eigenvalue weighted by atomic mass is 10.0. The Morgan fingerprint density at radius 1 is 1.12 bits per heavy atom.